The van der Waals surface area contributed by atoms with Crippen LogP contribution in [0.15, 0.2) is 36.4 Å². The average molecular weight is 205 g/mol. The first-order valence-electron chi connectivity index (χ1n) is 3.01. The Bertz CT molecular complexity index is 243. The fourth-order valence-electron chi connectivity index (χ4n) is 0.341. The van der Waals surface area contributed by atoms with E-state index in [1.54, 1.807) is 0 Å². The molecule has 0 rings (SSSR count). The third-order valence-corrected chi connectivity index (χ3v) is 0.746. The van der Waals surface area contributed by atoms with Crippen LogP contribution in [0, 0.1) is 0 Å². The Kier molecular flexibility index (Phi) is 9.20. The number of aliphatic carboxylic acids is 2. The molecule has 0 radical (unpaired) electrons. The number of rotatable bonds is 3. The maximum Gasteiger partial charge on any atom is 0.335 e. The zero-order valence-electron chi connectivity index (χ0n) is 6.74. The van der Waals surface area contributed by atoms with Crippen molar-refractivity contribution in [2.45, 2.75) is 0 Å². The molecule has 0 saturated heterocycles. The standard InChI is InChI=1S/C6H6O4.C2H3Cl/c1-2-4(6(9)10)3-5(7)8;1-2-3/h2-3H,1H2,(H,7,8)(H,9,10);2H,1H2/b4-3-;. The van der Waals surface area contributed by atoms with Crippen molar-refractivity contribution in [1.29, 1.82) is 0 Å². The zero-order valence-corrected chi connectivity index (χ0v) is 7.49. The number of carboxylic acids is 2. The second kappa shape index (κ2) is 8.55. The Balaban J connectivity index is 0. The number of carboxylic acid groups (broad SMARTS) is 2. The first-order valence-corrected chi connectivity index (χ1v) is 3.44. The predicted octanol–water partition coefficient (Wildman–Crippen LogP) is 1.64. The van der Waals surface area contributed by atoms with Gasteiger partial charge < -0.3 is 10.2 Å². The van der Waals surface area contributed by atoms with E-state index in [1.807, 2.05) is 0 Å². The number of halogens is 1. The Morgan fingerprint density at radius 3 is 1.69 bits per heavy atom. The molecule has 0 aromatic carbocycles. The first-order chi connectivity index (χ1) is 5.99. The highest BCUT2D eigenvalue weighted by molar-refractivity contribution is 6.25. The molecule has 0 heterocycles. The minimum Gasteiger partial charge on any atom is -0.478 e. The Hall–Kier alpha value is -1.55. The number of hydrogen-bond donors (Lipinski definition) is 2. The summed E-state index contributed by atoms with van der Waals surface area (Å²) in [6, 6.07) is 0. The van der Waals surface area contributed by atoms with Crippen molar-refractivity contribution in [3.8, 4) is 0 Å². The van der Waals surface area contributed by atoms with E-state index in [-0.39, 0.29) is 5.57 Å². The van der Waals surface area contributed by atoms with Crippen LogP contribution in [0.4, 0.5) is 0 Å². The molecule has 13 heavy (non-hydrogen) atoms. The van der Waals surface area contributed by atoms with Gasteiger partial charge in [0.1, 0.15) is 0 Å². The van der Waals surface area contributed by atoms with Crippen molar-refractivity contribution < 1.29 is 19.8 Å². The summed E-state index contributed by atoms with van der Waals surface area (Å²) in [6.07, 6.45) is 1.55. The summed E-state index contributed by atoms with van der Waals surface area (Å²) in [6.45, 7) is 6.25. The van der Waals surface area contributed by atoms with Gasteiger partial charge in [0.05, 0.1) is 5.57 Å². The highest BCUT2D eigenvalue weighted by Crippen LogP contribution is 1.94. The van der Waals surface area contributed by atoms with Gasteiger partial charge in [-0.15, -0.1) is 0 Å². The van der Waals surface area contributed by atoms with E-state index in [0.29, 0.717) is 6.08 Å². The lowest BCUT2D eigenvalue weighted by atomic mass is 10.2. The molecule has 0 saturated carbocycles. The van der Waals surface area contributed by atoms with E-state index in [1.165, 1.54) is 5.54 Å². The van der Waals surface area contributed by atoms with Crippen molar-refractivity contribution >= 4 is 23.5 Å². The molecule has 0 amide bonds. The van der Waals surface area contributed by atoms with Crippen molar-refractivity contribution in [2.75, 3.05) is 0 Å². The molecule has 0 spiro atoms. The second-order valence-corrected chi connectivity index (χ2v) is 1.91. The second-order valence-electron chi connectivity index (χ2n) is 1.60. The van der Waals surface area contributed by atoms with Crippen molar-refractivity contribution in [2.24, 2.45) is 0 Å². The molecule has 0 bridgehead atoms. The van der Waals surface area contributed by atoms with Crippen LogP contribution < -0.4 is 0 Å². The lowest BCUT2D eigenvalue weighted by molar-refractivity contribution is -0.134. The third kappa shape index (κ3) is 10.4. The van der Waals surface area contributed by atoms with Gasteiger partial charge in [-0.25, -0.2) is 9.59 Å². The van der Waals surface area contributed by atoms with Gasteiger partial charge >= 0.3 is 11.9 Å². The summed E-state index contributed by atoms with van der Waals surface area (Å²) >= 11 is 4.76. The molecule has 2 N–H and O–H groups in total. The molecule has 0 aliphatic heterocycles. The third-order valence-electron chi connectivity index (χ3n) is 0.746. The SMILES string of the molecule is C=C/C(=C/C(=O)O)C(=O)O.C=CCl. The van der Waals surface area contributed by atoms with Crippen LogP contribution in [0.5, 0.6) is 0 Å². The summed E-state index contributed by atoms with van der Waals surface area (Å²) in [5.74, 6) is -2.59. The minimum atomic E-state index is -1.29. The molecular weight excluding hydrogens is 196 g/mol. The Morgan fingerprint density at radius 1 is 1.23 bits per heavy atom. The highest BCUT2D eigenvalue weighted by Gasteiger charge is 2.03. The van der Waals surface area contributed by atoms with E-state index in [9.17, 15) is 9.59 Å². The van der Waals surface area contributed by atoms with Crippen LogP contribution >= 0.6 is 11.6 Å². The molecule has 0 aromatic heterocycles. The molecule has 5 heteroatoms. The fourth-order valence-corrected chi connectivity index (χ4v) is 0.341. The molecule has 0 fully saturated rings. The maximum absolute atomic E-state index is 10.1. The number of carbonyl (C=O) groups is 2. The van der Waals surface area contributed by atoms with Crippen LogP contribution in [-0.2, 0) is 9.59 Å². The Morgan fingerprint density at radius 2 is 1.62 bits per heavy atom. The molecule has 0 aromatic rings. The van der Waals surface area contributed by atoms with E-state index in [2.05, 4.69) is 13.2 Å². The highest BCUT2D eigenvalue weighted by atomic mass is 35.5. The van der Waals surface area contributed by atoms with Gasteiger partial charge in [0.2, 0.25) is 0 Å². The van der Waals surface area contributed by atoms with Crippen LogP contribution in [0.1, 0.15) is 0 Å². The molecule has 72 valence electrons. The molecule has 0 unspecified atom stereocenters. The van der Waals surface area contributed by atoms with E-state index in [0.717, 1.165) is 6.08 Å². The van der Waals surface area contributed by atoms with Crippen LogP contribution in [-0.4, -0.2) is 22.2 Å². The van der Waals surface area contributed by atoms with Crippen LogP contribution in [0.3, 0.4) is 0 Å². The molecule has 0 aliphatic rings. The van der Waals surface area contributed by atoms with Crippen LogP contribution in [0.2, 0.25) is 0 Å². The summed E-state index contributed by atoms with van der Waals surface area (Å²) in [7, 11) is 0. The molecular formula is C8H9ClO4. The van der Waals surface area contributed by atoms with Crippen molar-refractivity contribution in [1.82, 2.24) is 0 Å². The van der Waals surface area contributed by atoms with Gasteiger partial charge in [0, 0.05) is 6.08 Å². The molecule has 0 aliphatic carbocycles. The summed E-state index contributed by atoms with van der Waals surface area (Å²) in [4.78, 5) is 19.9. The largest absolute Gasteiger partial charge is 0.478 e. The lowest BCUT2D eigenvalue weighted by Crippen LogP contribution is -2.00. The van der Waals surface area contributed by atoms with Crippen LogP contribution in [0.25, 0.3) is 0 Å². The smallest absolute Gasteiger partial charge is 0.335 e. The van der Waals surface area contributed by atoms with E-state index < -0.39 is 11.9 Å². The fraction of sp³-hybridized carbons (Fsp3) is 0. The predicted molar refractivity (Wildman–Crippen MR) is 49.6 cm³/mol. The molecule has 4 nitrogen and oxygen atoms in total. The van der Waals surface area contributed by atoms with Gasteiger partial charge in [-0.05, 0) is 5.54 Å². The lowest BCUT2D eigenvalue weighted by Gasteiger charge is -1.88. The topological polar surface area (TPSA) is 74.6 Å². The van der Waals surface area contributed by atoms with E-state index >= 15 is 0 Å². The normalized spacial score (nSPS) is 9.15. The first kappa shape index (κ1) is 14.0. The van der Waals surface area contributed by atoms with Gasteiger partial charge in [-0.3, -0.25) is 0 Å². The summed E-state index contributed by atoms with van der Waals surface area (Å²) in [5, 5.41) is 16.3. The van der Waals surface area contributed by atoms with Gasteiger partial charge in [-0.1, -0.05) is 30.8 Å². The average Bonchev–Trinajstić information content (AvgIpc) is 2.00. The van der Waals surface area contributed by atoms with Crippen molar-refractivity contribution in [3.05, 3.63) is 36.4 Å². The monoisotopic (exact) mass is 204 g/mol. The quantitative estimate of drug-likeness (QED) is 0.541. The minimum absolute atomic E-state index is 0.326. The van der Waals surface area contributed by atoms with Gasteiger partial charge in [0.25, 0.3) is 0 Å². The Labute approximate surface area is 80.4 Å². The van der Waals surface area contributed by atoms with E-state index in [4.69, 9.17) is 21.8 Å². The molecule has 0 atom stereocenters. The van der Waals surface area contributed by atoms with Gasteiger partial charge in [0.15, 0.2) is 0 Å². The summed E-state index contributed by atoms with van der Waals surface area (Å²) in [5.41, 5.74) is 0.896. The van der Waals surface area contributed by atoms with Crippen molar-refractivity contribution in [3.63, 3.8) is 0 Å². The number of hydrogen-bond acceptors (Lipinski definition) is 2. The van der Waals surface area contributed by atoms with Gasteiger partial charge in [-0.2, -0.15) is 0 Å². The maximum atomic E-state index is 10.1. The zero-order chi connectivity index (χ0) is 10.9. The summed E-state index contributed by atoms with van der Waals surface area (Å²) < 4.78 is 0.